The molecular weight excluding hydrogens is 365 g/mol. The molecule has 4 heteroatoms. The lowest BCUT2D eigenvalue weighted by atomic mass is 9.74. The number of aryl methyl sites for hydroxylation is 1. The van der Waals surface area contributed by atoms with Crippen LogP contribution in [0.3, 0.4) is 0 Å². The van der Waals surface area contributed by atoms with Crippen molar-refractivity contribution in [3.05, 3.63) is 44.8 Å². The fourth-order valence-corrected chi connectivity index (χ4v) is 3.50. The molecule has 0 spiro atoms. The predicted molar refractivity (Wildman–Crippen MR) is 86.6 cm³/mol. The first-order valence-corrected chi connectivity index (χ1v) is 8.08. The molecule has 1 aliphatic carbocycles. The zero-order valence-electron chi connectivity index (χ0n) is 12.1. The number of nitrogens with one attached hydrogen (secondary N) is 1. The summed E-state index contributed by atoms with van der Waals surface area (Å²) in [4.78, 5) is 0. The van der Waals surface area contributed by atoms with Crippen LogP contribution in [-0.2, 0) is 13.0 Å². The Kier molecular flexibility index (Phi) is 3.71. The molecule has 0 saturated heterocycles. The maximum absolute atomic E-state index is 5.86. The average Bonchev–Trinajstić information content (AvgIpc) is 2.90. The fraction of sp³-hybridized carbons (Fsp3) is 0.500. The molecule has 0 radical (unpaired) electrons. The molecule has 0 bridgehead atoms. The molecule has 2 aromatic rings. The molecule has 108 valence electrons. The number of hydrogen-bond acceptors (Lipinski definition) is 3. The van der Waals surface area contributed by atoms with Crippen molar-refractivity contribution in [2.75, 3.05) is 0 Å². The van der Waals surface area contributed by atoms with Gasteiger partial charge in [0.25, 0.3) is 0 Å². The van der Waals surface area contributed by atoms with Crippen LogP contribution in [0.4, 0.5) is 0 Å². The first-order chi connectivity index (χ1) is 9.43. The van der Waals surface area contributed by atoms with Crippen LogP contribution in [0.15, 0.2) is 27.0 Å². The number of rotatable bonds is 3. The molecule has 1 N–H and O–H groups in total. The molecule has 1 atom stereocenters. The van der Waals surface area contributed by atoms with Crippen molar-refractivity contribution in [1.82, 2.24) is 5.32 Å². The van der Waals surface area contributed by atoms with Gasteiger partial charge in [-0.3, -0.25) is 0 Å². The summed E-state index contributed by atoms with van der Waals surface area (Å²) >= 11 is 2.19. The normalized spacial score (nSPS) is 20.9. The van der Waals surface area contributed by atoms with Crippen LogP contribution < -0.4 is 5.32 Å². The molecule has 0 amide bonds. The summed E-state index contributed by atoms with van der Waals surface area (Å²) < 4.78 is 12.4. The third kappa shape index (κ3) is 2.96. The van der Waals surface area contributed by atoms with Gasteiger partial charge in [0.05, 0.1) is 6.54 Å². The van der Waals surface area contributed by atoms with Crippen LogP contribution in [0.1, 0.15) is 49.2 Å². The van der Waals surface area contributed by atoms with Crippen LogP contribution in [0, 0.1) is 16.1 Å². The highest BCUT2D eigenvalue weighted by molar-refractivity contribution is 14.1. The quantitative estimate of drug-likeness (QED) is 0.786. The molecular formula is C16H20INO2. The third-order valence-corrected chi connectivity index (χ3v) is 4.47. The number of halogens is 1. The van der Waals surface area contributed by atoms with Crippen LogP contribution in [0.25, 0.3) is 0 Å². The van der Waals surface area contributed by atoms with E-state index in [2.05, 4.69) is 47.8 Å². The largest absolute Gasteiger partial charge is 0.466 e. The molecule has 20 heavy (non-hydrogen) atoms. The van der Waals surface area contributed by atoms with Crippen LogP contribution >= 0.6 is 22.6 Å². The van der Waals surface area contributed by atoms with Gasteiger partial charge in [0.15, 0.2) is 3.77 Å². The van der Waals surface area contributed by atoms with E-state index in [-0.39, 0.29) is 5.41 Å². The van der Waals surface area contributed by atoms with Gasteiger partial charge in [-0.15, -0.1) is 0 Å². The number of fused-ring (bicyclic) bond motifs is 1. The summed E-state index contributed by atoms with van der Waals surface area (Å²) in [5, 5.41) is 3.62. The molecule has 0 aliphatic heterocycles. The van der Waals surface area contributed by atoms with E-state index in [4.69, 9.17) is 8.83 Å². The Hall–Kier alpha value is -0.750. The summed E-state index contributed by atoms with van der Waals surface area (Å²) in [5.74, 6) is 3.14. The Labute approximate surface area is 133 Å². The molecule has 3 nitrogen and oxygen atoms in total. The van der Waals surface area contributed by atoms with Crippen molar-refractivity contribution in [3.8, 4) is 0 Å². The molecule has 3 rings (SSSR count). The van der Waals surface area contributed by atoms with Crippen molar-refractivity contribution < 1.29 is 8.83 Å². The van der Waals surface area contributed by atoms with Gasteiger partial charge in [0, 0.05) is 18.0 Å². The Balaban J connectivity index is 1.78. The van der Waals surface area contributed by atoms with Crippen LogP contribution in [-0.4, -0.2) is 0 Å². The first kappa shape index (κ1) is 14.2. The Morgan fingerprint density at radius 2 is 2.15 bits per heavy atom. The van der Waals surface area contributed by atoms with Gasteiger partial charge in [0.1, 0.15) is 17.3 Å². The van der Waals surface area contributed by atoms with Gasteiger partial charge in [-0.25, -0.2) is 0 Å². The highest BCUT2D eigenvalue weighted by Gasteiger charge is 2.34. The van der Waals surface area contributed by atoms with Crippen molar-refractivity contribution in [2.45, 2.75) is 46.2 Å². The summed E-state index contributed by atoms with van der Waals surface area (Å²) in [7, 11) is 0. The van der Waals surface area contributed by atoms with Gasteiger partial charge in [0.2, 0.25) is 0 Å². The summed E-state index contributed by atoms with van der Waals surface area (Å²) in [5.41, 5.74) is 1.59. The number of furan rings is 2. The third-order valence-electron chi connectivity index (χ3n) is 3.89. The van der Waals surface area contributed by atoms with E-state index in [1.807, 2.05) is 19.1 Å². The Morgan fingerprint density at radius 1 is 1.35 bits per heavy atom. The van der Waals surface area contributed by atoms with Gasteiger partial charge in [-0.05, 0) is 59.5 Å². The average molecular weight is 385 g/mol. The van der Waals surface area contributed by atoms with E-state index >= 15 is 0 Å². The molecule has 0 aromatic carbocycles. The Morgan fingerprint density at radius 3 is 2.85 bits per heavy atom. The van der Waals surface area contributed by atoms with Crippen molar-refractivity contribution in [2.24, 2.45) is 5.41 Å². The van der Waals surface area contributed by atoms with Crippen LogP contribution in [0.2, 0.25) is 0 Å². The van der Waals surface area contributed by atoms with Gasteiger partial charge < -0.3 is 14.2 Å². The molecule has 1 unspecified atom stereocenters. The lowest BCUT2D eigenvalue weighted by molar-refractivity contribution is 0.231. The minimum atomic E-state index is 0.270. The van der Waals surface area contributed by atoms with Gasteiger partial charge in [-0.2, -0.15) is 0 Å². The standard InChI is InChI=1S/C16H20INO2/c1-10-6-12-13(7-16(2,3)8-14(12)19-10)18-9-11-4-5-15(17)20-11/h4-6,13,18H,7-9H2,1-3H3. The predicted octanol–water partition coefficient (Wildman–Crippen LogP) is 4.59. The molecule has 2 aromatic heterocycles. The maximum Gasteiger partial charge on any atom is 0.164 e. The zero-order valence-corrected chi connectivity index (χ0v) is 14.3. The van der Waals surface area contributed by atoms with E-state index < -0.39 is 0 Å². The minimum Gasteiger partial charge on any atom is -0.466 e. The highest BCUT2D eigenvalue weighted by Crippen LogP contribution is 2.42. The topological polar surface area (TPSA) is 38.3 Å². The molecule has 1 aliphatic rings. The smallest absolute Gasteiger partial charge is 0.164 e. The van der Waals surface area contributed by atoms with Crippen molar-refractivity contribution >= 4 is 22.6 Å². The number of hydrogen-bond donors (Lipinski definition) is 1. The lowest BCUT2D eigenvalue weighted by Crippen LogP contribution is -2.32. The molecule has 0 fully saturated rings. The molecule has 0 saturated carbocycles. The van der Waals surface area contributed by atoms with E-state index in [0.717, 1.165) is 40.4 Å². The fourth-order valence-electron chi connectivity index (χ4n) is 3.04. The second kappa shape index (κ2) is 5.22. The van der Waals surface area contributed by atoms with Gasteiger partial charge >= 0.3 is 0 Å². The van der Waals surface area contributed by atoms with E-state index in [9.17, 15) is 0 Å². The molecule has 2 heterocycles. The summed E-state index contributed by atoms with van der Waals surface area (Å²) in [6.45, 7) is 7.39. The van der Waals surface area contributed by atoms with Crippen molar-refractivity contribution in [3.63, 3.8) is 0 Å². The zero-order chi connectivity index (χ0) is 14.3. The SMILES string of the molecule is Cc1cc2c(o1)CC(C)(C)CC2NCc1ccc(I)o1. The second-order valence-corrected chi connectivity index (χ2v) is 7.48. The second-order valence-electron chi connectivity index (χ2n) is 6.42. The van der Waals surface area contributed by atoms with E-state index in [1.165, 1.54) is 5.56 Å². The summed E-state index contributed by atoms with van der Waals surface area (Å²) in [6.07, 6.45) is 2.14. The van der Waals surface area contributed by atoms with Crippen LogP contribution in [0.5, 0.6) is 0 Å². The maximum atomic E-state index is 5.86. The minimum absolute atomic E-state index is 0.270. The van der Waals surface area contributed by atoms with E-state index in [0.29, 0.717) is 6.04 Å². The summed E-state index contributed by atoms with van der Waals surface area (Å²) in [6, 6.07) is 6.54. The highest BCUT2D eigenvalue weighted by atomic mass is 127. The van der Waals surface area contributed by atoms with Crippen molar-refractivity contribution in [1.29, 1.82) is 0 Å². The van der Waals surface area contributed by atoms with Gasteiger partial charge in [-0.1, -0.05) is 13.8 Å². The lowest BCUT2D eigenvalue weighted by Gasteiger charge is -2.34. The van der Waals surface area contributed by atoms with E-state index in [1.54, 1.807) is 0 Å². The first-order valence-electron chi connectivity index (χ1n) is 7.00. The monoisotopic (exact) mass is 385 g/mol. The Bertz CT molecular complexity index is 612.